The summed E-state index contributed by atoms with van der Waals surface area (Å²) in [6, 6.07) is 12.7. The number of thiazole rings is 1. The average molecular weight is 342 g/mol. The number of amides is 1. The minimum atomic E-state index is -0.192. The van der Waals surface area contributed by atoms with Gasteiger partial charge in [0.1, 0.15) is 11.5 Å². The molecule has 0 aliphatic heterocycles. The normalized spacial score (nSPS) is 10.6. The molecule has 0 unspecified atom stereocenters. The first-order chi connectivity index (χ1) is 11.7. The van der Waals surface area contributed by atoms with Crippen molar-refractivity contribution < 1.29 is 14.3 Å². The van der Waals surface area contributed by atoms with E-state index >= 15 is 0 Å². The number of fused-ring (bicyclic) bond motifs is 1. The van der Waals surface area contributed by atoms with Crippen molar-refractivity contribution in [2.45, 2.75) is 13.8 Å². The molecule has 124 valence electrons. The van der Waals surface area contributed by atoms with Crippen LogP contribution in [0.3, 0.4) is 0 Å². The lowest BCUT2D eigenvalue weighted by Crippen LogP contribution is -2.11. The maximum atomic E-state index is 12.3. The van der Waals surface area contributed by atoms with Gasteiger partial charge in [-0.25, -0.2) is 4.98 Å². The number of hydrogen-bond acceptors (Lipinski definition) is 5. The third-order valence-corrected chi connectivity index (χ3v) is 4.25. The fourth-order valence-electron chi connectivity index (χ4n) is 2.25. The van der Waals surface area contributed by atoms with Gasteiger partial charge in [0.15, 0.2) is 5.13 Å². The van der Waals surface area contributed by atoms with Gasteiger partial charge in [0.25, 0.3) is 5.91 Å². The van der Waals surface area contributed by atoms with Crippen molar-refractivity contribution in [2.24, 2.45) is 0 Å². The lowest BCUT2D eigenvalue weighted by molar-refractivity contribution is 0.102. The fourth-order valence-corrected chi connectivity index (χ4v) is 3.14. The van der Waals surface area contributed by atoms with Gasteiger partial charge in [-0.2, -0.15) is 0 Å². The van der Waals surface area contributed by atoms with Crippen molar-refractivity contribution in [3.8, 4) is 11.5 Å². The van der Waals surface area contributed by atoms with E-state index in [1.165, 1.54) is 11.3 Å². The Kier molecular flexibility index (Phi) is 4.96. The van der Waals surface area contributed by atoms with Crippen LogP contribution in [0.2, 0.25) is 0 Å². The Hall–Kier alpha value is -2.60. The third-order valence-electron chi connectivity index (χ3n) is 3.32. The summed E-state index contributed by atoms with van der Waals surface area (Å²) in [5.41, 5.74) is 1.40. The highest BCUT2D eigenvalue weighted by Crippen LogP contribution is 2.29. The minimum Gasteiger partial charge on any atom is -0.494 e. The summed E-state index contributed by atoms with van der Waals surface area (Å²) in [6.45, 7) is 5.08. The number of aromatic nitrogens is 1. The zero-order valence-corrected chi connectivity index (χ0v) is 14.4. The van der Waals surface area contributed by atoms with E-state index in [0.717, 1.165) is 21.7 Å². The molecule has 0 saturated carbocycles. The van der Waals surface area contributed by atoms with E-state index < -0.39 is 0 Å². The monoisotopic (exact) mass is 342 g/mol. The summed E-state index contributed by atoms with van der Waals surface area (Å²) in [4.78, 5) is 16.8. The largest absolute Gasteiger partial charge is 0.494 e. The minimum absolute atomic E-state index is 0.192. The van der Waals surface area contributed by atoms with E-state index in [4.69, 9.17) is 9.47 Å². The highest BCUT2D eigenvalue weighted by atomic mass is 32.1. The SMILES string of the molecule is CCOc1ccc(C(=O)Nc2nc3ccc(OCC)cc3s2)cc1. The predicted molar refractivity (Wildman–Crippen MR) is 96.4 cm³/mol. The topological polar surface area (TPSA) is 60.5 Å². The van der Waals surface area contributed by atoms with Gasteiger partial charge in [0.05, 0.1) is 23.4 Å². The number of rotatable bonds is 6. The number of nitrogens with one attached hydrogen (secondary N) is 1. The van der Waals surface area contributed by atoms with Crippen LogP contribution in [0, 0.1) is 0 Å². The summed E-state index contributed by atoms with van der Waals surface area (Å²) < 4.78 is 11.8. The molecule has 5 nitrogen and oxygen atoms in total. The molecule has 2 aromatic carbocycles. The molecule has 6 heteroatoms. The van der Waals surface area contributed by atoms with Gasteiger partial charge in [0.2, 0.25) is 0 Å². The van der Waals surface area contributed by atoms with Crippen LogP contribution in [0.25, 0.3) is 10.2 Å². The van der Waals surface area contributed by atoms with Crippen molar-refractivity contribution in [1.29, 1.82) is 0 Å². The van der Waals surface area contributed by atoms with Gasteiger partial charge in [-0.15, -0.1) is 0 Å². The van der Waals surface area contributed by atoms with E-state index in [-0.39, 0.29) is 5.91 Å². The van der Waals surface area contributed by atoms with Crippen molar-refractivity contribution in [2.75, 3.05) is 18.5 Å². The molecular formula is C18H18N2O3S. The summed E-state index contributed by atoms with van der Waals surface area (Å²) in [5, 5.41) is 3.40. The maximum absolute atomic E-state index is 12.3. The second-order valence-electron chi connectivity index (χ2n) is 4.99. The first-order valence-corrected chi connectivity index (χ1v) is 8.59. The molecule has 0 atom stereocenters. The Labute approximate surface area is 144 Å². The number of carbonyl (C=O) groups excluding carboxylic acids is 1. The van der Waals surface area contributed by atoms with Crippen molar-refractivity contribution in [3.63, 3.8) is 0 Å². The lowest BCUT2D eigenvalue weighted by Gasteiger charge is -2.04. The Morgan fingerprint density at radius 3 is 2.42 bits per heavy atom. The number of hydrogen-bond donors (Lipinski definition) is 1. The molecule has 0 aliphatic carbocycles. The number of carbonyl (C=O) groups is 1. The Bertz CT molecular complexity index is 843. The summed E-state index contributed by atoms with van der Waals surface area (Å²) >= 11 is 1.42. The van der Waals surface area contributed by atoms with Crippen LogP contribution in [-0.4, -0.2) is 24.1 Å². The summed E-state index contributed by atoms with van der Waals surface area (Å²) in [7, 11) is 0. The van der Waals surface area contributed by atoms with Gasteiger partial charge >= 0.3 is 0 Å². The van der Waals surface area contributed by atoms with Crippen LogP contribution >= 0.6 is 11.3 Å². The molecule has 1 heterocycles. The smallest absolute Gasteiger partial charge is 0.257 e. The zero-order chi connectivity index (χ0) is 16.9. The Morgan fingerprint density at radius 1 is 1.04 bits per heavy atom. The van der Waals surface area contributed by atoms with Gasteiger partial charge in [-0.05, 0) is 56.3 Å². The van der Waals surface area contributed by atoms with E-state index in [1.54, 1.807) is 24.3 Å². The molecular weight excluding hydrogens is 324 g/mol. The van der Waals surface area contributed by atoms with Gasteiger partial charge in [-0.1, -0.05) is 11.3 Å². The van der Waals surface area contributed by atoms with Crippen LogP contribution in [-0.2, 0) is 0 Å². The summed E-state index contributed by atoms with van der Waals surface area (Å²) in [5.74, 6) is 1.36. The first kappa shape index (κ1) is 16.3. The van der Waals surface area contributed by atoms with Gasteiger partial charge < -0.3 is 9.47 Å². The molecule has 0 spiro atoms. The molecule has 0 radical (unpaired) electrons. The predicted octanol–water partition coefficient (Wildman–Crippen LogP) is 4.35. The maximum Gasteiger partial charge on any atom is 0.257 e. The van der Waals surface area contributed by atoms with E-state index in [1.807, 2.05) is 32.0 Å². The molecule has 1 amide bonds. The number of nitrogens with zero attached hydrogens (tertiary/aromatic N) is 1. The van der Waals surface area contributed by atoms with Crippen molar-refractivity contribution in [3.05, 3.63) is 48.0 Å². The number of ether oxygens (including phenoxy) is 2. The van der Waals surface area contributed by atoms with Gasteiger partial charge in [0, 0.05) is 5.56 Å². The third kappa shape index (κ3) is 3.65. The highest BCUT2D eigenvalue weighted by Gasteiger charge is 2.10. The van der Waals surface area contributed by atoms with Crippen LogP contribution in [0.4, 0.5) is 5.13 Å². The molecule has 3 rings (SSSR count). The first-order valence-electron chi connectivity index (χ1n) is 7.77. The molecule has 0 bridgehead atoms. The van der Waals surface area contributed by atoms with Crippen molar-refractivity contribution in [1.82, 2.24) is 4.98 Å². The Morgan fingerprint density at radius 2 is 1.71 bits per heavy atom. The molecule has 3 aromatic rings. The average Bonchev–Trinajstić information content (AvgIpc) is 2.97. The number of anilines is 1. The standard InChI is InChI=1S/C18H18N2O3S/c1-3-22-13-7-5-12(6-8-13)17(21)20-18-19-15-10-9-14(23-4-2)11-16(15)24-18/h5-11H,3-4H2,1-2H3,(H,19,20,21). The fraction of sp³-hybridized carbons (Fsp3) is 0.222. The Balaban J connectivity index is 1.74. The van der Waals surface area contributed by atoms with E-state index in [0.29, 0.717) is 23.9 Å². The molecule has 0 aliphatic rings. The van der Waals surface area contributed by atoms with E-state index in [2.05, 4.69) is 10.3 Å². The van der Waals surface area contributed by atoms with Crippen LogP contribution in [0.15, 0.2) is 42.5 Å². The quantitative estimate of drug-likeness (QED) is 0.723. The lowest BCUT2D eigenvalue weighted by atomic mass is 10.2. The highest BCUT2D eigenvalue weighted by molar-refractivity contribution is 7.22. The molecule has 1 aromatic heterocycles. The second-order valence-corrected chi connectivity index (χ2v) is 6.02. The van der Waals surface area contributed by atoms with Crippen LogP contribution < -0.4 is 14.8 Å². The summed E-state index contributed by atoms with van der Waals surface area (Å²) in [6.07, 6.45) is 0. The second kappa shape index (κ2) is 7.31. The van der Waals surface area contributed by atoms with Crippen LogP contribution in [0.1, 0.15) is 24.2 Å². The number of benzene rings is 2. The molecule has 0 saturated heterocycles. The zero-order valence-electron chi connectivity index (χ0n) is 13.5. The molecule has 0 fully saturated rings. The van der Waals surface area contributed by atoms with E-state index in [9.17, 15) is 4.79 Å². The molecule has 24 heavy (non-hydrogen) atoms. The van der Waals surface area contributed by atoms with Crippen LogP contribution in [0.5, 0.6) is 11.5 Å². The molecule has 1 N–H and O–H groups in total. The van der Waals surface area contributed by atoms with Crippen molar-refractivity contribution >= 4 is 32.6 Å². The van der Waals surface area contributed by atoms with Gasteiger partial charge in [-0.3, -0.25) is 10.1 Å².